The lowest BCUT2D eigenvalue weighted by Gasteiger charge is -2.33. The van der Waals surface area contributed by atoms with Gasteiger partial charge < -0.3 is 4.90 Å². The van der Waals surface area contributed by atoms with Crippen LogP contribution >= 0.6 is 11.3 Å². The number of benzene rings is 1. The number of hydrogen-bond acceptors (Lipinski definition) is 6. The Bertz CT molecular complexity index is 1100. The number of piperidine rings is 1. The van der Waals surface area contributed by atoms with Gasteiger partial charge in [0.15, 0.2) is 0 Å². The summed E-state index contributed by atoms with van der Waals surface area (Å²) in [5.41, 5.74) is 0. The summed E-state index contributed by atoms with van der Waals surface area (Å²) in [6.07, 6.45) is 0.812. The van der Waals surface area contributed by atoms with Crippen molar-refractivity contribution in [3.05, 3.63) is 47.6 Å². The fraction of sp³-hybridized carbons (Fsp3) is 0.389. The third-order valence-electron chi connectivity index (χ3n) is 4.72. The van der Waals surface area contributed by atoms with E-state index in [4.69, 9.17) is 0 Å². The van der Waals surface area contributed by atoms with Crippen molar-refractivity contribution in [3.8, 4) is 0 Å². The van der Waals surface area contributed by atoms with Crippen LogP contribution in [0.1, 0.15) is 19.8 Å². The van der Waals surface area contributed by atoms with Gasteiger partial charge in [0.05, 0.1) is 6.04 Å². The van der Waals surface area contributed by atoms with E-state index in [2.05, 4.69) is 9.44 Å². The largest absolute Gasteiger partial charge is 0.341 e. The van der Waals surface area contributed by atoms with Gasteiger partial charge in [0.25, 0.3) is 0 Å². The molecule has 1 aromatic carbocycles. The molecule has 164 valence electrons. The first-order chi connectivity index (χ1) is 14.1. The average molecular weight is 476 g/mol. The molecule has 0 aliphatic carbocycles. The molecule has 2 N–H and O–H groups in total. The third-order valence-corrected chi connectivity index (χ3v) is 9.21. The molecule has 30 heavy (non-hydrogen) atoms. The van der Waals surface area contributed by atoms with Gasteiger partial charge in [-0.25, -0.2) is 25.9 Å². The zero-order valence-electron chi connectivity index (χ0n) is 16.1. The number of thiophene rings is 1. The maximum absolute atomic E-state index is 13.8. The molecule has 2 heterocycles. The fourth-order valence-electron chi connectivity index (χ4n) is 3.19. The molecule has 0 radical (unpaired) electrons. The number of amides is 1. The van der Waals surface area contributed by atoms with Crippen LogP contribution in [0.5, 0.6) is 0 Å². The summed E-state index contributed by atoms with van der Waals surface area (Å²) in [4.78, 5) is 13.6. The van der Waals surface area contributed by atoms with Gasteiger partial charge in [0.2, 0.25) is 26.0 Å². The predicted octanol–water partition coefficient (Wildman–Crippen LogP) is 1.52. The van der Waals surface area contributed by atoms with Crippen LogP contribution in [0, 0.1) is 5.82 Å². The number of nitrogens with one attached hydrogen (secondary N) is 2. The first kappa shape index (κ1) is 22.8. The molecule has 12 heteroatoms. The van der Waals surface area contributed by atoms with Crippen LogP contribution in [-0.4, -0.2) is 52.8 Å². The topological polar surface area (TPSA) is 113 Å². The third kappa shape index (κ3) is 5.24. The highest BCUT2D eigenvalue weighted by Crippen LogP contribution is 2.19. The van der Waals surface area contributed by atoms with E-state index in [0.717, 1.165) is 23.5 Å². The van der Waals surface area contributed by atoms with Crippen molar-refractivity contribution in [2.45, 2.75) is 41.0 Å². The molecular weight excluding hydrogens is 453 g/mol. The molecule has 1 saturated heterocycles. The summed E-state index contributed by atoms with van der Waals surface area (Å²) in [6.45, 7) is 1.96. The normalized spacial score (nSPS) is 17.1. The maximum Gasteiger partial charge on any atom is 0.250 e. The van der Waals surface area contributed by atoms with E-state index in [-0.39, 0.29) is 23.3 Å². The monoisotopic (exact) mass is 475 g/mol. The minimum atomic E-state index is -4.20. The van der Waals surface area contributed by atoms with E-state index in [0.29, 0.717) is 12.8 Å². The van der Waals surface area contributed by atoms with Crippen LogP contribution in [0.15, 0.2) is 50.9 Å². The van der Waals surface area contributed by atoms with E-state index in [1.54, 1.807) is 11.4 Å². The van der Waals surface area contributed by atoms with Crippen molar-refractivity contribution in [1.29, 1.82) is 0 Å². The summed E-state index contributed by atoms with van der Waals surface area (Å²) in [5, 5.41) is 1.68. The standard InChI is InChI=1S/C18H22FN3O5S3/c1-13(20-29(24,25)16-6-3-2-5-15(16)19)18(23)22-10-8-14(9-11-22)21-30(26,27)17-7-4-12-28-17/h2-7,12-14,20-21H,8-11H2,1H3/t13-/m0/s1. The van der Waals surface area contributed by atoms with Crippen LogP contribution in [0.2, 0.25) is 0 Å². The van der Waals surface area contributed by atoms with Gasteiger partial charge in [0, 0.05) is 19.1 Å². The van der Waals surface area contributed by atoms with E-state index in [1.807, 2.05) is 0 Å². The molecule has 0 unspecified atom stereocenters. The molecule has 1 fully saturated rings. The molecule has 3 rings (SSSR count). The van der Waals surface area contributed by atoms with Gasteiger partial charge in [-0.1, -0.05) is 18.2 Å². The van der Waals surface area contributed by atoms with Crippen molar-refractivity contribution in [2.75, 3.05) is 13.1 Å². The highest BCUT2D eigenvalue weighted by Gasteiger charge is 2.31. The van der Waals surface area contributed by atoms with Crippen molar-refractivity contribution >= 4 is 37.3 Å². The van der Waals surface area contributed by atoms with Crippen LogP contribution in [-0.2, 0) is 24.8 Å². The number of halogens is 1. The Balaban J connectivity index is 1.56. The lowest BCUT2D eigenvalue weighted by atomic mass is 10.1. The molecule has 1 amide bonds. The van der Waals surface area contributed by atoms with Gasteiger partial charge in [-0.2, -0.15) is 4.72 Å². The van der Waals surface area contributed by atoms with E-state index >= 15 is 0 Å². The Labute approximate surface area is 179 Å². The molecule has 1 aromatic heterocycles. The smallest absolute Gasteiger partial charge is 0.250 e. The summed E-state index contributed by atoms with van der Waals surface area (Å²) < 4.78 is 68.3. The van der Waals surface area contributed by atoms with E-state index in [1.165, 1.54) is 30.0 Å². The fourth-order valence-corrected chi connectivity index (χ4v) is 6.79. The lowest BCUT2D eigenvalue weighted by molar-refractivity contribution is -0.133. The minimum Gasteiger partial charge on any atom is -0.341 e. The average Bonchev–Trinajstić information content (AvgIpc) is 3.23. The van der Waals surface area contributed by atoms with Crippen molar-refractivity contribution in [2.24, 2.45) is 0 Å². The number of nitrogens with zero attached hydrogens (tertiary/aromatic N) is 1. The Hall–Kier alpha value is -1.86. The molecule has 8 nitrogen and oxygen atoms in total. The van der Waals surface area contributed by atoms with E-state index in [9.17, 15) is 26.0 Å². The Kier molecular flexibility index (Phi) is 6.92. The summed E-state index contributed by atoms with van der Waals surface area (Å²) in [7, 11) is -7.79. The number of sulfonamides is 2. The quantitative estimate of drug-likeness (QED) is 0.631. The van der Waals surface area contributed by atoms with Crippen LogP contribution in [0.3, 0.4) is 0 Å². The summed E-state index contributed by atoms with van der Waals surface area (Å²) in [6, 6.07) is 6.70. The van der Waals surface area contributed by atoms with Crippen LogP contribution in [0.25, 0.3) is 0 Å². The second kappa shape index (κ2) is 9.10. The molecule has 0 saturated carbocycles. The number of likely N-dealkylation sites (tertiary alicyclic amines) is 1. The van der Waals surface area contributed by atoms with Crippen LogP contribution < -0.4 is 9.44 Å². The first-order valence-corrected chi connectivity index (χ1v) is 13.1. The van der Waals surface area contributed by atoms with E-state index < -0.39 is 42.7 Å². The minimum absolute atomic E-state index is 0.233. The maximum atomic E-state index is 13.8. The molecule has 2 aromatic rings. The Morgan fingerprint density at radius 3 is 2.37 bits per heavy atom. The Morgan fingerprint density at radius 1 is 1.10 bits per heavy atom. The second-order valence-corrected chi connectivity index (χ2v) is 11.5. The zero-order valence-corrected chi connectivity index (χ0v) is 18.6. The molecule has 0 bridgehead atoms. The van der Waals surface area contributed by atoms with Gasteiger partial charge in [-0.05, 0) is 43.3 Å². The van der Waals surface area contributed by atoms with Crippen molar-refractivity contribution < 1.29 is 26.0 Å². The predicted molar refractivity (Wildman–Crippen MR) is 110 cm³/mol. The van der Waals surface area contributed by atoms with Gasteiger partial charge >= 0.3 is 0 Å². The number of carbonyl (C=O) groups excluding carboxylic acids is 1. The Morgan fingerprint density at radius 2 is 1.77 bits per heavy atom. The van der Waals surface area contributed by atoms with Gasteiger partial charge in [-0.3, -0.25) is 4.79 Å². The molecular formula is C18H22FN3O5S3. The zero-order chi connectivity index (χ0) is 21.9. The number of rotatable bonds is 7. The molecule has 0 spiro atoms. The SMILES string of the molecule is C[C@H](NS(=O)(=O)c1ccccc1F)C(=O)N1CCC(NS(=O)(=O)c2cccs2)CC1. The molecule has 1 aliphatic rings. The van der Waals surface area contributed by atoms with Crippen LogP contribution in [0.4, 0.5) is 4.39 Å². The summed E-state index contributed by atoms with van der Waals surface area (Å²) >= 11 is 1.13. The number of carbonyl (C=O) groups is 1. The number of hydrogen-bond donors (Lipinski definition) is 2. The highest BCUT2D eigenvalue weighted by molar-refractivity contribution is 7.91. The van der Waals surface area contributed by atoms with Crippen molar-refractivity contribution in [3.63, 3.8) is 0 Å². The second-order valence-electron chi connectivity index (χ2n) is 6.93. The summed E-state index contributed by atoms with van der Waals surface area (Å²) in [5.74, 6) is -1.35. The molecule has 1 aliphatic heterocycles. The van der Waals surface area contributed by atoms with Gasteiger partial charge in [0.1, 0.15) is 14.9 Å². The first-order valence-electron chi connectivity index (χ1n) is 9.21. The van der Waals surface area contributed by atoms with Gasteiger partial charge in [-0.15, -0.1) is 11.3 Å². The molecule has 1 atom stereocenters. The lowest BCUT2D eigenvalue weighted by Crippen LogP contribution is -2.52. The highest BCUT2D eigenvalue weighted by atomic mass is 32.2. The van der Waals surface area contributed by atoms with Crippen molar-refractivity contribution in [1.82, 2.24) is 14.3 Å².